The van der Waals surface area contributed by atoms with E-state index in [2.05, 4.69) is 17.2 Å². The van der Waals surface area contributed by atoms with Crippen LogP contribution in [0.2, 0.25) is 0 Å². The van der Waals surface area contributed by atoms with E-state index in [9.17, 15) is 9.90 Å². The monoisotopic (exact) mass is 326 g/mol. The first-order valence-electron chi connectivity index (χ1n) is 7.75. The second-order valence-corrected chi connectivity index (χ2v) is 5.42. The number of anilines is 3. The second-order valence-electron chi connectivity index (χ2n) is 5.42. The number of hydrogen-bond donors (Lipinski definition) is 3. The van der Waals surface area contributed by atoms with Crippen LogP contribution in [0.5, 0.6) is 0 Å². The zero-order valence-corrected chi connectivity index (χ0v) is 13.7. The van der Waals surface area contributed by atoms with E-state index in [1.54, 1.807) is 6.92 Å². The van der Waals surface area contributed by atoms with Gasteiger partial charge in [-0.15, -0.1) is 0 Å². The fourth-order valence-corrected chi connectivity index (χ4v) is 1.98. The highest BCUT2D eigenvalue weighted by Gasteiger charge is 2.10. The van der Waals surface area contributed by atoms with Crippen LogP contribution < -0.4 is 10.6 Å². The van der Waals surface area contributed by atoms with E-state index >= 15 is 0 Å². The summed E-state index contributed by atoms with van der Waals surface area (Å²) >= 11 is 0. The Hall–Kier alpha value is -2.79. The third-order valence-electron chi connectivity index (χ3n) is 3.26. The lowest BCUT2D eigenvalue weighted by Crippen LogP contribution is -2.21. The predicted octanol–water partition coefficient (Wildman–Crippen LogP) is 3.67. The Morgan fingerprint density at radius 3 is 2.29 bits per heavy atom. The average Bonchev–Trinajstić information content (AvgIpc) is 2.57. The van der Waals surface area contributed by atoms with Crippen LogP contribution >= 0.6 is 0 Å². The van der Waals surface area contributed by atoms with Crippen molar-refractivity contribution in [1.29, 1.82) is 0 Å². The highest BCUT2D eigenvalue weighted by molar-refractivity contribution is 5.87. The Kier molecular flexibility index (Phi) is 6.40. The molecule has 0 amide bonds. The van der Waals surface area contributed by atoms with Crippen molar-refractivity contribution in [1.82, 2.24) is 0 Å². The second kappa shape index (κ2) is 8.74. The molecular formula is C19H22N2O3. The number of carbonyl (C=O) groups excluding carboxylic acids is 1. The largest absolute Gasteiger partial charge is 0.433 e. The molecule has 2 rings (SSSR count). The molecule has 1 atom stereocenters. The van der Waals surface area contributed by atoms with E-state index in [0.29, 0.717) is 13.0 Å². The van der Waals surface area contributed by atoms with Crippen molar-refractivity contribution in [2.75, 3.05) is 17.2 Å². The summed E-state index contributed by atoms with van der Waals surface area (Å²) < 4.78 is 4.80. The van der Waals surface area contributed by atoms with E-state index in [1.165, 1.54) is 0 Å². The Balaban J connectivity index is 1.76. The predicted molar refractivity (Wildman–Crippen MR) is 96.2 cm³/mol. The number of aliphatic hydroxyl groups excluding tert-OH is 1. The molecule has 5 nitrogen and oxygen atoms in total. The molecule has 24 heavy (non-hydrogen) atoms. The van der Waals surface area contributed by atoms with Gasteiger partial charge in [0.15, 0.2) is 0 Å². The van der Waals surface area contributed by atoms with Crippen LogP contribution in [0.15, 0.2) is 66.7 Å². The fraction of sp³-hybridized carbons (Fsp3) is 0.211. The van der Waals surface area contributed by atoms with Crippen molar-refractivity contribution < 1.29 is 14.6 Å². The molecule has 3 N–H and O–H groups in total. The molecule has 0 saturated carbocycles. The van der Waals surface area contributed by atoms with Gasteiger partial charge in [-0.25, -0.2) is 4.79 Å². The smallest absolute Gasteiger partial charge is 0.335 e. The summed E-state index contributed by atoms with van der Waals surface area (Å²) in [7, 11) is 0. The van der Waals surface area contributed by atoms with Crippen LogP contribution in [-0.4, -0.2) is 23.9 Å². The lowest BCUT2D eigenvalue weighted by atomic mass is 10.2. The van der Waals surface area contributed by atoms with Gasteiger partial charge in [0.25, 0.3) is 0 Å². The molecule has 0 heterocycles. The van der Waals surface area contributed by atoms with Crippen LogP contribution in [-0.2, 0) is 9.53 Å². The fourth-order valence-electron chi connectivity index (χ4n) is 1.98. The lowest BCUT2D eigenvalue weighted by molar-refractivity contribution is -0.163. The molecule has 0 fully saturated rings. The van der Waals surface area contributed by atoms with Gasteiger partial charge in [-0.1, -0.05) is 24.8 Å². The van der Waals surface area contributed by atoms with Gasteiger partial charge in [0.05, 0.1) is 0 Å². The molecule has 126 valence electrons. The molecule has 0 saturated heterocycles. The molecule has 0 spiro atoms. The molecule has 0 aromatic heterocycles. The van der Waals surface area contributed by atoms with E-state index in [-0.39, 0.29) is 5.57 Å². The molecule has 0 aliphatic carbocycles. The third-order valence-corrected chi connectivity index (χ3v) is 3.26. The minimum absolute atomic E-state index is 0.267. The molecule has 0 aliphatic rings. The van der Waals surface area contributed by atoms with Gasteiger partial charge in [-0.3, -0.25) is 0 Å². The van der Waals surface area contributed by atoms with Crippen LogP contribution in [0.3, 0.4) is 0 Å². The normalized spacial score (nSPS) is 11.4. The number of aliphatic hydroxyl groups is 1. The molecule has 1 unspecified atom stereocenters. The highest BCUT2D eigenvalue weighted by atomic mass is 16.6. The Bertz CT molecular complexity index is 669. The summed E-state index contributed by atoms with van der Waals surface area (Å²) in [5, 5.41) is 16.1. The zero-order valence-electron chi connectivity index (χ0n) is 13.7. The number of carbonyl (C=O) groups is 1. The Morgan fingerprint density at radius 2 is 1.67 bits per heavy atom. The summed E-state index contributed by atoms with van der Waals surface area (Å²) in [4.78, 5) is 11.3. The summed E-state index contributed by atoms with van der Waals surface area (Å²) in [5.41, 5.74) is 3.21. The minimum Gasteiger partial charge on any atom is -0.433 e. The number of ether oxygens (including phenoxy) is 1. The summed E-state index contributed by atoms with van der Waals surface area (Å²) in [6, 6.07) is 17.7. The van der Waals surface area contributed by atoms with Gasteiger partial charge in [-0.05, 0) is 43.3 Å². The van der Waals surface area contributed by atoms with E-state index in [1.807, 2.05) is 54.6 Å². The van der Waals surface area contributed by atoms with Gasteiger partial charge in [0.2, 0.25) is 6.29 Å². The quantitative estimate of drug-likeness (QED) is 0.392. The molecule has 0 aliphatic heterocycles. The molecular weight excluding hydrogens is 304 g/mol. The maximum atomic E-state index is 11.3. The minimum atomic E-state index is -1.14. The molecule has 5 heteroatoms. The Labute approximate surface area is 142 Å². The SMILES string of the molecule is C=C(C)C(=O)OC(O)CCNc1ccc(Nc2ccccc2)cc1. The number of nitrogens with one attached hydrogen (secondary N) is 2. The van der Waals surface area contributed by atoms with Crippen LogP contribution in [0.1, 0.15) is 13.3 Å². The average molecular weight is 326 g/mol. The maximum Gasteiger partial charge on any atom is 0.335 e. The standard InChI is InChI=1S/C19H22N2O3/c1-14(2)19(23)24-18(22)12-13-20-15-8-10-17(11-9-15)21-16-6-4-3-5-7-16/h3-11,18,20-22H,1,12-13H2,2H3. The van der Waals surface area contributed by atoms with E-state index in [0.717, 1.165) is 17.1 Å². The first kappa shape index (κ1) is 17.6. The summed E-state index contributed by atoms with van der Waals surface area (Å²) in [6.45, 7) is 5.49. The number of esters is 1. The number of benzene rings is 2. The molecule has 0 radical (unpaired) electrons. The lowest BCUT2D eigenvalue weighted by Gasteiger charge is -2.13. The van der Waals surface area contributed by atoms with Gasteiger partial charge >= 0.3 is 5.97 Å². The van der Waals surface area contributed by atoms with Crippen molar-refractivity contribution in [3.05, 3.63) is 66.7 Å². The van der Waals surface area contributed by atoms with Gasteiger partial charge in [0.1, 0.15) is 0 Å². The summed E-state index contributed by atoms with van der Waals surface area (Å²) in [6.07, 6.45) is -0.844. The van der Waals surface area contributed by atoms with Crippen LogP contribution in [0.4, 0.5) is 17.1 Å². The first-order valence-corrected chi connectivity index (χ1v) is 7.75. The number of hydrogen-bond acceptors (Lipinski definition) is 5. The molecule has 2 aromatic rings. The van der Waals surface area contributed by atoms with Crippen molar-refractivity contribution >= 4 is 23.0 Å². The first-order chi connectivity index (χ1) is 11.5. The van der Waals surface area contributed by atoms with E-state index in [4.69, 9.17) is 4.74 Å². The van der Waals surface area contributed by atoms with Crippen molar-refractivity contribution in [3.63, 3.8) is 0 Å². The summed E-state index contributed by atoms with van der Waals surface area (Å²) in [5.74, 6) is -0.584. The van der Waals surface area contributed by atoms with Crippen LogP contribution in [0, 0.1) is 0 Å². The molecule has 0 bridgehead atoms. The number of para-hydroxylation sites is 1. The van der Waals surface area contributed by atoms with Gasteiger partial charge < -0.3 is 20.5 Å². The van der Waals surface area contributed by atoms with Gasteiger partial charge in [0, 0.05) is 35.6 Å². The zero-order chi connectivity index (χ0) is 17.4. The van der Waals surface area contributed by atoms with Crippen molar-refractivity contribution in [2.45, 2.75) is 19.6 Å². The topological polar surface area (TPSA) is 70.6 Å². The van der Waals surface area contributed by atoms with Crippen molar-refractivity contribution in [3.8, 4) is 0 Å². The molecule has 2 aromatic carbocycles. The van der Waals surface area contributed by atoms with Crippen LogP contribution in [0.25, 0.3) is 0 Å². The van der Waals surface area contributed by atoms with Crippen molar-refractivity contribution in [2.24, 2.45) is 0 Å². The number of rotatable bonds is 8. The highest BCUT2D eigenvalue weighted by Crippen LogP contribution is 2.18. The third kappa shape index (κ3) is 5.78. The van der Waals surface area contributed by atoms with E-state index < -0.39 is 12.3 Å². The maximum absolute atomic E-state index is 11.3. The van der Waals surface area contributed by atoms with Gasteiger partial charge in [-0.2, -0.15) is 0 Å². The Morgan fingerprint density at radius 1 is 1.08 bits per heavy atom.